The molecule has 0 atom stereocenters. The van der Waals surface area contributed by atoms with E-state index in [1.54, 1.807) is 13.1 Å². The number of hydrogen-bond acceptors (Lipinski definition) is 2. The zero-order valence-corrected chi connectivity index (χ0v) is 14.3. The lowest BCUT2D eigenvalue weighted by molar-refractivity contribution is -0.137. The van der Waals surface area contributed by atoms with Crippen LogP contribution >= 0.6 is 11.6 Å². The molecule has 134 valence electrons. The van der Waals surface area contributed by atoms with E-state index >= 15 is 0 Å². The van der Waals surface area contributed by atoms with Gasteiger partial charge in [-0.2, -0.15) is 13.2 Å². The molecular formula is C18H13ClF3N3O. The van der Waals surface area contributed by atoms with Gasteiger partial charge in [-0.25, -0.2) is 4.98 Å². The van der Waals surface area contributed by atoms with Crippen molar-refractivity contribution in [3.63, 3.8) is 0 Å². The Labute approximate surface area is 152 Å². The van der Waals surface area contributed by atoms with E-state index in [1.165, 1.54) is 41.2 Å². The molecule has 0 unspecified atom stereocenters. The van der Waals surface area contributed by atoms with E-state index in [9.17, 15) is 18.0 Å². The second kappa shape index (κ2) is 6.84. The largest absolute Gasteiger partial charge is 0.416 e. The first-order valence-corrected chi connectivity index (χ1v) is 7.90. The van der Waals surface area contributed by atoms with Crippen molar-refractivity contribution in [3.05, 3.63) is 76.8 Å². The molecule has 0 saturated carbocycles. The fourth-order valence-corrected chi connectivity index (χ4v) is 2.49. The predicted molar refractivity (Wildman–Crippen MR) is 92.7 cm³/mol. The highest BCUT2D eigenvalue weighted by Crippen LogP contribution is 2.33. The molecule has 1 N–H and O–H groups in total. The summed E-state index contributed by atoms with van der Waals surface area (Å²) in [7, 11) is 0. The molecule has 3 aromatic rings. The third-order valence-corrected chi connectivity index (χ3v) is 3.87. The van der Waals surface area contributed by atoms with Crippen LogP contribution in [0.2, 0.25) is 5.02 Å². The molecule has 1 aromatic heterocycles. The minimum absolute atomic E-state index is 0.0288. The van der Waals surface area contributed by atoms with Gasteiger partial charge in [-0.15, -0.1) is 0 Å². The van der Waals surface area contributed by atoms with Gasteiger partial charge in [0.25, 0.3) is 5.91 Å². The highest BCUT2D eigenvalue weighted by molar-refractivity contribution is 6.30. The number of aromatic nitrogens is 2. The normalized spacial score (nSPS) is 11.4. The van der Waals surface area contributed by atoms with Gasteiger partial charge in [-0.3, -0.25) is 4.79 Å². The molecule has 0 fully saturated rings. The average molecular weight is 380 g/mol. The SMILES string of the molecule is Cc1cn(-c2cc(NC(=O)c3ccc(Cl)cc3)cc(C(F)(F)F)c2)cn1. The summed E-state index contributed by atoms with van der Waals surface area (Å²) in [5, 5.41) is 2.95. The molecule has 1 heterocycles. The van der Waals surface area contributed by atoms with E-state index in [-0.39, 0.29) is 16.9 Å². The Hall–Kier alpha value is -2.80. The summed E-state index contributed by atoms with van der Waals surface area (Å²) in [5.74, 6) is -0.534. The number of amides is 1. The van der Waals surface area contributed by atoms with E-state index in [4.69, 9.17) is 11.6 Å². The lowest BCUT2D eigenvalue weighted by Gasteiger charge is -2.13. The maximum absolute atomic E-state index is 13.2. The average Bonchev–Trinajstić information content (AvgIpc) is 3.01. The van der Waals surface area contributed by atoms with Crippen molar-refractivity contribution in [1.82, 2.24) is 9.55 Å². The second-order valence-corrected chi connectivity index (χ2v) is 6.09. The summed E-state index contributed by atoms with van der Waals surface area (Å²) in [6.07, 6.45) is -1.54. The Bertz CT molecular complexity index is 949. The molecule has 8 heteroatoms. The number of halogens is 4. The maximum Gasteiger partial charge on any atom is 0.416 e. The highest BCUT2D eigenvalue weighted by atomic mass is 35.5. The topological polar surface area (TPSA) is 46.9 Å². The first-order chi connectivity index (χ1) is 12.2. The van der Waals surface area contributed by atoms with E-state index in [1.807, 2.05) is 0 Å². The van der Waals surface area contributed by atoms with Crippen molar-refractivity contribution in [2.24, 2.45) is 0 Å². The lowest BCUT2D eigenvalue weighted by atomic mass is 10.1. The number of benzene rings is 2. The van der Waals surface area contributed by atoms with Gasteiger partial charge >= 0.3 is 6.18 Å². The Morgan fingerprint density at radius 1 is 1.15 bits per heavy atom. The van der Waals surface area contributed by atoms with Crippen molar-refractivity contribution in [3.8, 4) is 5.69 Å². The van der Waals surface area contributed by atoms with Gasteiger partial charge in [0.15, 0.2) is 0 Å². The first-order valence-electron chi connectivity index (χ1n) is 7.52. The van der Waals surface area contributed by atoms with Crippen molar-refractivity contribution < 1.29 is 18.0 Å². The quantitative estimate of drug-likeness (QED) is 0.687. The third kappa shape index (κ3) is 4.05. The number of nitrogens with zero attached hydrogens (tertiary/aromatic N) is 2. The maximum atomic E-state index is 13.2. The van der Waals surface area contributed by atoms with Gasteiger partial charge in [-0.05, 0) is 49.4 Å². The summed E-state index contributed by atoms with van der Waals surface area (Å²) in [6, 6.07) is 9.38. The monoisotopic (exact) mass is 379 g/mol. The molecular weight excluding hydrogens is 367 g/mol. The van der Waals surface area contributed by atoms with Crippen LogP contribution in [0.3, 0.4) is 0 Å². The van der Waals surface area contributed by atoms with Gasteiger partial charge in [0, 0.05) is 28.2 Å². The summed E-state index contributed by atoms with van der Waals surface area (Å²) in [5.41, 5.74) is 0.349. The van der Waals surface area contributed by atoms with Crippen LogP contribution in [0.1, 0.15) is 21.6 Å². The number of alkyl halides is 3. The van der Waals surface area contributed by atoms with Crippen LogP contribution in [-0.2, 0) is 6.18 Å². The van der Waals surface area contributed by atoms with Crippen LogP contribution < -0.4 is 5.32 Å². The summed E-state index contributed by atoms with van der Waals surface area (Å²) < 4.78 is 41.1. The number of carbonyl (C=O) groups is 1. The number of anilines is 1. The minimum atomic E-state index is -4.55. The van der Waals surface area contributed by atoms with Gasteiger partial charge in [0.1, 0.15) is 0 Å². The molecule has 2 aromatic carbocycles. The number of aryl methyl sites for hydroxylation is 1. The number of hydrogen-bond donors (Lipinski definition) is 1. The van der Waals surface area contributed by atoms with Crippen LogP contribution in [0.4, 0.5) is 18.9 Å². The van der Waals surface area contributed by atoms with E-state index in [2.05, 4.69) is 10.3 Å². The zero-order valence-electron chi connectivity index (χ0n) is 13.5. The zero-order chi connectivity index (χ0) is 18.9. The third-order valence-electron chi connectivity index (χ3n) is 3.62. The summed E-state index contributed by atoms with van der Waals surface area (Å²) in [6.45, 7) is 1.73. The van der Waals surface area contributed by atoms with Crippen molar-refractivity contribution in [2.75, 3.05) is 5.32 Å². The van der Waals surface area contributed by atoms with Crippen molar-refractivity contribution in [2.45, 2.75) is 13.1 Å². The fraction of sp³-hybridized carbons (Fsp3) is 0.111. The van der Waals surface area contributed by atoms with Gasteiger partial charge in [0.2, 0.25) is 0 Å². The smallest absolute Gasteiger partial charge is 0.322 e. The van der Waals surface area contributed by atoms with Crippen molar-refractivity contribution >= 4 is 23.2 Å². The summed E-state index contributed by atoms with van der Waals surface area (Å²) >= 11 is 5.77. The van der Waals surface area contributed by atoms with Gasteiger partial charge in [0.05, 0.1) is 17.6 Å². The van der Waals surface area contributed by atoms with Crippen LogP contribution in [0.5, 0.6) is 0 Å². The van der Waals surface area contributed by atoms with E-state index in [0.717, 1.165) is 12.1 Å². The Balaban J connectivity index is 1.97. The number of nitrogens with one attached hydrogen (secondary N) is 1. The molecule has 0 aliphatic carbocycles. The molecule has 1 amide bonds. The molecule has 26 heavy (non-hydrogen) atoms. The highest BCUT2D eigenvalue weighted by Gasteiger charge is 2.31. The Morgan fingerprint density at radius 3 is 2.42 bits per heavy atom. The standard InChI is InChI=1S/C18H13ClF3N3O/c1-11-9-25(10-23-11)16-7-13(18(20,21)22)6-15(8-16)24-17(26)12-2-4-14(19)5-3-12/h2-10H,1H3,(H,24,26). The molecule has 0 saturated heterocycles. The lowest BCUT2D eigenvalue weighted by Crippen LogP contribution is -2.14. The summed E-state index contributed by atoms with van der Waals surface area (Å²) in [4.78, 5) is 16.3. The molecule has 0 spiro atoms. The van der Waals surface area contributed by atoms with Crippen LogP contribution in [0, 0.1) is 6.92 Å². The van der Waals surface area contributed by atoms with Gasteiger partial charge in [-0.1, -0.05) is 11.6 Å². The molecule has 3 rings (SSSR count). The predicted octanol–water partition coefficient (Wildman–Crippen LogP) is 5.11. The minimum Gasteiger partial charge on any atom is -0.322 e. The van der Waals surface area contributed by atoms with E-state index < -0.39 is 17.6 Å². The Morgan fingerprint density at radius 2 is 1.85 bits per heavy atom. The van der Waals surface area contributed by atoms with Crippen LogP contribution in [-0.4, -0.2) is 15.5 Å². The molecule has 0 radical (unpaired) electrons. The number of rotatable bonds is 3. The molecule has 0 bridgehead atoms. The molecule has 0 aliphatic rings. The molecule has 4 nitrogen and oxygen atoms in total. The van der Waals surface area contributed by atoms with Gasteiger partial charge < -0.3 is 9.88 Å². The first kappa shape index (κ1) is 18.0. The molecule has 0 aliphatic heterocycles. The van der Waals surface area contributed by atoms with Crippen LogP contribution in [0.25, 0.3) is 5.69 Å². The fourth-order valence-electron chi connectivity index (χ4n) is 2.36. The van der Waals surface area contributed by atoms with Crippen LogP contribution in [0.15, 0.2) is 55.0 Å². The number of carbonyl (C=O) groups excluding carboxylic acids is 1. The van der Waals surface area contributed by atoms with Crippen molar-refractivity contribution in [1.29, 1.82) is 0 Å². The number of imidazole rings is 1. The second-order valence-electron chi connectivity index (χ2n) is 5.65. The van der Waals surface area contributed by atoms with E-state index in [0.29, 0.717) is 10.7 Å². The Kier molecular flexibility index (Phi) is 4.73.